The van der Waals surface area contributed by atoms with E-state index >= 15 is 0 Å². The van der Waals surface area contributed by atoms with Gasteiger partial charge in [-0.15, -0.1) is 45.3 Å². The number of aromatic nitrogens is 4. The second-order valence-corrected chi connectivity index (χ2v) is 27.0. The van der Waals surface area contributed by atoms with Crippen LogP contribution in [0.15, 0.2) is 131 Å². The van der Waals surface area contributed by atoms with Crippen molar-refractivity contribution in [3.63, 3.8) is 0 Å². The number of Topliss-reactive ketones (excluding diaryl/α,β-unsaturated/α-hetero) is 2. The van der Waals surface area contributed by atoms with Gasteiger partial charge in [0.25, 0.3) is 0 Å². The minimum Gasteiger partial charge on any atom is -0.289 e. The molecule has 0 unspecified atom stereocenters. The molecule has 10 nitrogen and oxygen atoms in total. The fourth-order valence-corrected chi connectivity index (χ4v) is 19.9. The summed E-state index contributed by atoms with van der Waals surface area (Å²) in [6.07, 6.45) is 3.50. The molecule has 6 aromatic carbocycles. The first-order valence-electron chi connectivity index (χ1n) is 25.9. The van der Waals surface area contributed by atoms with Crippen molar-refractivity contribution in [1.29, 1.82) is 21.0 Å². The van der Waals surface area contributed by atoms with Crippen molar-refractivity contribution in [3.8, 4) is 66.0 Å². The number of nitriles is 4. The third-order valence-corrected chi connectivity index (χ3v) is 22.7. The maximum Gasteiger partial charge on any atom is 0.194 e. The molecule has 4 aliphatic carbocycles. The van der Waals surface area contributed by atoms with Gasteiger partial charge in [-0.25, -0.2) is 0 Å². The summed E-state index contributed by atoms with van der Waals surface area (Å²) < 4.78 is 24.1. The number of nitrogens with zero attached hydrogens (tertiary/aromatic N) is 8. The van der Waals surface area contributed by atoms with Crippen LogP contribution < -0.4 is 0 Å². The number of fused-ring (bicyclic) bond motifs is 15. The molecule has 0 saturated heterocycles. The minimum absolute atomic E-state index is 0.108. The molecule has 0 N–H and O–H groups in total. The van der Waals surface area contributed by atoms with Crippen LogP contribution in [0.2, 0.25) is 0 Å². The molecule has 16 heteroatoms. The molecule has 0 radical (unpaired) electrons. The lowest BCUT2D eigenvalue weighted by Crippen LogP contribution is -2.15. The fraction of sp³-hybridized carbons (Fsp3) is 0.0909. The molecule has 0 saturated carbocycles. The molecule has 0 aliphatic heterocycles. The van der Waals surface area contributed by atoms with E-state index in [9.17, 15) is 30.6 Å². The van der Waals surface area contributed by atoms with Gasteiger partial charge in [-0.05, 0) is 104 Å². The summed E-state index contributed by atoms with van der Waals surface area (Å²) in [5, 5.41) is 42.0. The van der Waals surface area contributed by atoms with E-state index in [4.69, 9.17) is 17.5 Å². The lowest BCUT2D eigenvalue weighted by molar-refractivity contribution is 0.103. The van der Waals surface area contributed by atoms with E-state index in [0.717, 1.165) is 55.4 Å². The quantitative estimate of drug-likeness (QED) is 0.121. The molecule has 82 heavy (non-hydrogen) atoms. The van der Waals surface area contributed by atoms with Gasteiger partial charge in [0.15, 0.2) is 11.6 Å². The molecule has 0 spiro atoms. The zero-order valence-electron chi connectivity index (χ0n) is 43.4. The average molecular weight is 1160 g/mol. The number of carbonyl (C=O) groups excluding carboxylic acids is 2. The summed E-state index contributed by atoms with van der Waals surface area (Å²) in [6, 6.07) is 44.2. The molecule has 16 rings (SSSR count). The van der Waals surface area contributed by atoms with Gasteiger partial charge in [0.05, 0.1) is 32.9 Å². The number of allylic oxidation sites excluding steroid dienone is 6. The summed E-state index contributed by atoms with van der Waals surface area (Å²) in [5.41, 5.74) is 16.7. The lowest BCUT2D eigenvalue weighted by atomic mass is 9.81. The summed E-state index contributed by atoms with van der Waals surface area (Å²) in [4.78, 5) is 32.4. The van der Waals surface area contributed by atoms with Crippen molar-refractivity contribution in [2.45, 2.75) is 38.5 Å². The predicted molar refractivity (Wildman–Crippen MR) is 332 cm³/mol. The Balaban J connectivity index is 0.740. The Bertz CT molecular complexity index is 5030. The highest BCUT2D eigenvalue weighted by atomic mass is 32.1. The standard InChI is InChI=1S/C66H32N8O2S6/c1-65(2)45-19-31-21-49(39-15-13-29(55-57(39)73-81-71-55)17-43-51(33(25-67)26-68)35-9-5-7-11-37(35)59(43)75)77-47(31)23-41(45)61-53(65)63-64(79-61)54-62(80-63)42-24-48-32(20-46(42)66(54,3)4)22-50(78-48)40-16-14-30(56-58(40)74-82-72-56)18-44-52(34(27-69)28-70)36-10-6-8-12-38(36)60(44)76/h5-24H,1-4H3/b43-17-,44-18-. The van der Waals surface area contributed by atoms with Crippen LogP contribution in [-0.4, -0.2) is 29.1 Å². The van der Waals surface area contributed by atoms with Gasteiger partial charge in [-0.3, -0.25) is 9.59 Å². The van der Waals surface area contributed by atoms with Crippen LogP contribution in [0.4, 0.5) is 0 Å². The fourth-order valence-electron chi connectivity index (χ4n) is 13.0. The van der Waals surface area contributed by atoms with Crippen molar-refractivity contribution in [1.82, 2.24) is 17.5 Å². The summed E-state index contributed by atoms with van der Waals surface area (Å²) in [7, 11) is 0. The molecule has 0 fully saturated rings. The number of ketones is 2. The second kappa shape index (κ2) is 17.2. The van der Waals surface area contributed by atoms with E-state index in [-0.39, 0.29) is 33.5 Å². The Morgan fingerprint density at radius 3 is 1.24 bits per heavy atom. The zero-order chi connectivity index (χ0) is 55.8. The van der Waals surface area contributed by atoms with Gasteiger partial charge in [0, 0.05) is 95.4 Å². The number of carbonyl (C=O) groups is 2. The van der Waals surface area contributed by atoms with Crippen molar-refractivity contribution in [2.75, 3.05) is 0 Å². The normalized spacial score (nSPS) is 16.0. The second-order valence-electron chi connectivity index (χ2n) is 21.8. The Kier molecular flexibility index (Phi) is 10.2. The Hall–Kier alpha value is -9.20. The largest absolute Gasteiger partial charge is 0.289 e. The third kappa shape index (κ3) is 6.48. The van der Waals surface area contributed by atoms with Gasteiger partial charge in [0.2, 0.25) is 0 Å². The maximum atomic E-state index is 13.8. The Morgan fingerprint density at radius 2 is 0.841 bits per heavy atom. The van der Waals surface area contributed by atoms with E-state index in [1.807, 2.05) is 71.2 Å². The molecule has 4 aliphatic rings. The summed E-state index contributed by atoms with van der Waals surface area (Å²) in [6.45, 7) is 9.46. The number of benzene rings is 6. The summed E-state index contributed by atoms with van der Waals surface area (Å²) >= 11 is 9.57. The van der Waals surface area contributed by atoms with Crippen molar-refractivity contribution >= 4 is 155 Å². The molecule has 6 heterocycles. The number of thiophene rings is 4. The third-order valence-electron chi connectivity index (χ3n) is 16.8. The van der Waals surface area contributed by atoms with E-state index in [1.165, 1.54) is 72.7 Å². The van der Waals surface area contributed by atoms with Crippen LogP contribution >= 0.6 is 68.8 Å². The first-order chi connectivity index (χ1) is 39.8. The highest BCUT2D eigenvalue weighted by Crippen LogP contribution is 2.65. The van der Waals surface area contributed by atoms with Crippen molar-refractivity contribution in [3.05, 3.63) is 187 Å². The van der Waals surface area contributed by atoms with Gasteiger partial charge >= 0.3 is 0 Å². The first kappa shape index (κ1) is 48.7. The zero-order valence-corrected chi connectivity index (χ0v) is 48.3. The molecule has 6 aromatic heterocycles. The monoisotopic (exact) mass is 1160 g/mol. The molecular weight excluding hydrogens is 1130 g/mol. The van der Waals surface area contributed by atoms with E-state index < -0.39 is 0 Å². The smallest absolute Gasteiger partial charge is 0.194 e. The molecule has 0 amide bonds. The predicted octanol–water partition coefficient (Wildman–Crippen LogP) is 17.5. The molecule has 12 aromatic rings. The number of hydrogen-bond donors (Lipinski definition) is 0. The molecule has 384 valence electrons. The van der Waals surface area contributed by atoms with E-state index in [2.05, 4.69) is 64.1 Å². The van der Waals surface area contributed by atoms with Crippen LogP contribution in [0.3, 0.4) is 0 Å². The number of rotatable bonds is 4. The summed E-state index contributed by atoms with van der Waals surface area (Å²) in [5.74, 6) is -0.469. The SMILES string of the molecule is CC1(C)c2cc3cc(-c4ccc(/C=C5\C(=O)c6ccccc6C5=C(C#N)C#N)c5nsnc45)sc3cc2-c2sc3c4c(sc3c21)-c1cc2sc(-c3ccc(/C=C5\C(=O)c6ccccc6C5=C(C#N)C#N)c5nsnc35)cc2cc1C4(C)C. The Morgan fingerprint density at radius 1 is 0.451 bits per heavy atom. The average Bonchev–Trinajstić information content (AvgIpc) is 1.69. The van der Waals surface area contributed by atoms with Crippen LogP contribution in [0.1, 0.15) is 92.9 Å². The van der Waals surface area contributed by atoms with Crippen LogP contribution in [-0.2, 0) is 10.8 Å². The van der Waals surface area contributed by atoms with Gasteiger partial charge in [-0.2, -0.15) is 38.5 Å². The molecule has 0 atom stereocenters. The van der Waals surface area contributed by atoms with E-state index in [0.29, 0.717) is 66.7 Å². The maximum absolute atomic E-state index is 13.8. The van der Waals surface area contributed by atoms with Crippen molar-refractivity contribution < 1.29 is 9.59 Å². The minimum atomic E-state index is -0.255. The highest BCUT2D eigenvalue weighted by molar-refractivity contribution is 7.32. The van der Waals surface area contributed by atoms with E-state index in [1.54, 1.807) is 83.4 Å². The van der Waals surface area contributed by atoms with Crippen molar-refractivity contribution in [2.24, 2.45) is 0 Å². The highest BCUT2D eigenvalue weighted by Gasteiger charge is 2.46. The lowest BCUT2D eigenvalue weighted by Gasteiger charge is -2.22. The van der Waals surface area contributed by atoms with Crippen LogP contribution in [0.5, 0.6) is 0 Å². The van der Waals surface area contributed by atoms with Crippen LogP contribution in [0, 0.1) is 45.3 Å². The Labute approximate surface area is 491 Å². The van der Waals surface area contributed by atoms with Gasteiger partial charge < -0.3 is 0 Å². The first-order valence-corrected chi connectivity index (χ1v) is 30.6. The topological polar surface area (TPSA) is 181 Å². The van der Waals surface area contributed by atoms with Crippen LogP contribution in [0.25, 0.3) is 117 Å². The van der Waals surface area contributed by atoms with Gasteiger partial charge in [0.1, 0.15) is 57.5 Å². The van der Waals surface area contributed by atoms with Gasteiger partial charge in [-0.1, -0.05) is 100 Å². The molecular formula is C66H32N8O2S6. The number of hydrogen-bond acceptors (Lipinski definition) is 16. The molecule has 0 bridgehead atoms.